The summed E-state index contributed by atoms with van der Waals surface area (Å²) in [5, 5.41) is 3.72. The Morgan fingerprint density at radius 2 is 1.73 bits per heavy atom. The van der Waals surface area contributed by atoms with Crippen LogP contribution in [0.15, 0.2) is 48.5 Å². The van der Waals surface area contributed by atoms with E-state index >= 15 is 0 Å². The molecule has 0 saturated carbocycles. The summed E-state index contributed by atoms with van der Waals surface area (Å²) in [5.74, 6) is 0.174. The van der Waals surface area contributed by atoms with Crippen LogP contribution < -0.4 is 10.2 Å². The lowest BCUT2D eigenvalue weighted by atomic mass is 9.91. The summed E-state index contributed by atoms with van der Waals surface area (Å²) in [4.78, 5) is 31.5. The van der Waals surface area contributed by atoms with E-state index in [1.807, 2.05) is 43.6 Å². The molecule has 7 heteroatoms. The Balaban J connectivity index is 1.20. The molecule has 0 aromatic heterocycles. The maximum atomic E-state index is 12.6. The fourth-order valence-electron chi connectivity index (χ4n) is 6.13. The monoisotopic (exact) mass is 504 g/mol. The van der Waals surface area contributed by atoms with E-state index < -0.39 is 5.60 Å². The second kappa shape index (κ2) is 10.0. The molecule has 2 aromatic carbocycles. The fraction of sp³-hybridized carbons (Fsp3) is 0.533. The largest absolute Gasteiger partial charge is 0.444 e. The van der Waals surface area contributed by atoms with Crippen LogP contribution in [0, 0.1) is 0 Å². The Morgan fingerprint density at radius 1 is 1.00 bits per heavy atom. The second-order valence-electron chi connectivity index (χ2n) is 11.8. The van der Waals surface area contributed by atoms with Crippen molar-refractivity contribution in [2.24, 2.45) is 0 Å². The summed E-state index contributed by atoms with van der Waals surface area (Å²) in [5.41, 5.74) is 4.10. The average Bonchev–Trinajstić information content (AvgIpc) is 3.45. The first kappa shape index (κ1) is 25.6. The molecule has 3 aliphatic rings. The number of hydrogen-bond acceptors (Lipinski definition) is 5. The average molecular weight is 505 g/mol. The SMILES string of the molecule is CCC(=O)N1c2ccccc2[C@H](Nc2ccc(CN3CC4CC3CN4C(=O)OC(C)(C)C)cc2)C[C@@H]1C. The molecule has 2 amide bonds. The van der Waals surface area contributed by atoms with E-state index in [1.165, 1.54) is 11.1 Å². The highest BCUT2D eigenvalue weighted by molar-refractivity contribution is 5.95. The summed E-state index contributed by atoms with van der Waals surface area (Å²) in [6.07, 6.45) is 2.22. The molecule has 3 heterocycles. The number of carbonyl (C=O) groups is 2. The number of fused-ring (bicyclic) bond motifs is 3. The second-order valence-corrected chi connectivity index (χ2v) is 11.8. The third-order valence-electron chi connectivity index (χ3n) is 7.82. The van der Waals surface area contributed by atoms with Crippen molar-refractivity contribution in [3.8, 4) is 0 Å². The lowest BCUT2D eigenvalue weighted by Crippen LogP contribution is -2.49. The predicted molar refractivity (Wildman–Crippen MR) is 147 cm³/mol. The Bertz CT molecular complexity index is 1140. The first-order chi connectivity index (χ1) is 17.6. The lowest BCUT2D eigenvalue weighted by molar-refractivity contribution is -0.118. The standard InChI is InChI=1S/C30H40N4O3/c1-6-28(35)34-20(2)15-26(25-9-7-8-10-27(25)34)31-22-13-11-21(12-14-22)17-32-18-24-16-23(32)19-33(24)29(36)37-30(3,4)5/h7-14,20,23-24,26,31H,6,15-19H2,1-5H3/t20-,23?,24?,26+/m0/s1. The highest BCUT2D eigenvalue weighted by Crippen LogP contribution is 2.39. The molecule has 0 radical (unpaired) electrons. The molecule has 2 fully saturated rings. The minimum absolute atomic E-state index is 0.143. The van der Waals surface area contributed by atoms with Gasteiger partial charge in [-0.1, -0.05) is 37.3 Å². The molecule has 4 atom stereocenters. The number of anilines is 2. The fourth-order valence-corrected chi connectivity index (χ4v) is 6.13. The van der Waals surface area contributed by atoms with Gasteiger partial charge in [-0.3, -0.25) is 9.69 Å². The van der Waals surface area contributed by atoms with Crippen LogP contribution in [0.5, 0.6) is 0 Å². The quantitative estimate of drug-likeness (QED) is 0.577. The smallest absolute Gasteiger partial charge is 0.410 e. The zero-order valence-electron chi connectivity index (χ0n) is 22.7. The molecule has 7 nitrogen and oxygen atoms in total. The van der Waals surface area contributed by atoms with Gasteiger partial charge in [0.25, 0.3) is 0 Å². The van der Waals surface area contributed by atoms with Crippen LogP contribution in [-0.4, -0.2) is 58.6 Å². The summed E-state index contributed by atoms with van der Waals surface area (Å²) in [7, 11) is 0. The number of ether oxygens (including phenoxy) is 1. The number of para-hydroxylation sites is 1. The van der Waals surface area contributed by atoms with E-state index in [9.17, 15) is 9.59 Å². The number of piperazine rings is 1. The number of rotatable bonds is 5. The third kappa shape index (κ3) is 5.33. The first-order valence-electron chi connectivity index (χ1n) is 13.6. The summed E-state index contributed by atoms with van der Waals surface area (Å²) >= 11 is 0. The van der Waals surface area contributed by atoms with Crippen molar-refractivity contribution in [1.29, 1.82) is 0 Å². The number of benzene rings is 2. The van der Waals surface area contributed by atoms with Gasteiger partial charge in [-0.2, -0.15) is 0 Å². The molecule has 1 N–H and O–H groups in total. The van der Waals surface area contributed by atoms with Gasteiger partial charge in [0.2, 0.25) is 5.91 Å². The normalized spacial score (nSPS) is 25.2. The number of hydrogen-bond donors (Lipinski definition) is 1. The van der Waals surface area contributed by atoms with Crippen molar-refractivity contribution in [3.63, 3.8) is 0 Å². The topological polar surface area (TPSA) is 65.1 Å². The molecule has 37 heavy (non-hydrogen) atoms. The van der Waals surface area contributed by atoms with Gasteiger partial charge in [0, 0.05) is 55.6 Å². The summed E-state index contributed by atoms with van der Waals surface area (Å²) in [6.45, 7) is 12.3. The van der Waals surface area contributed by atoms with E-state index in [-0.39, 0.29) is 30.1 Å². The Hall–Kier alpha value is -3.06. The predicted octanol–water partition coefficient (Wildman–Crippen LogP) is 5.57. The molecular formula is C30H40N4O3. The molecule has 2 unspecified atom stereocenters. The van der Waals surface area contributed by atoms with E-state index in [2.05, 4.69) is 59.6 Å². The molecule has 2 saturated heterocycles. The minimum atomic E-state index is -0.460. The number of nitrogens with zero attached hydrogens (tertiary/aromatic N) is 3. The zero-order chi connectivity index (χ0) is 26.3. The first-order valence-corrected chi connectivity index (χ1v) is 13.6. The van der Waals surface area contributed by atoms with E-state index in [1.54, 1.807) is 0 Å². The van der Waals surface area contributed by atoms with Crippen LogP contribution in [0.2, 0.25) is 0 Å². The van der Waals surface area contributed by atoms with Gasteiger partial charge in [-0.15, -0.1) is 0 Å². The Kier molecular flexibility index (Phi) is 6.92. The van der Waals surface area contributed by atoms with Crippen LogP contribution in [0.1, 0.15) is 71.0 Å². The maximum Gasteiger partial charge on any atom is 0.410 e. The maximum absolute atomic E-state index is 12.6. The van der Waals surface area contributed by atoms with Crippen molar-refractivity contribution in [2.45, 2.75) is 90.2 Å². The summed E-state index contributed by atoms with van der Waals surface area (Å²) < 4.78 is 5.60. The molecule has 2 aromatic rings. The summed E-state index contributed by atoms with van der Waals surface area (Å²) in [6, 6.07) is 17.9. The number of nitrogens with one attached hydrogen (secondary N) is 1. The van der Waals surface area contributed by atoms with Gasteiger partial charge < -0.3 is 19.9 Å². The number of carbonyl (C=O) groups excluding carboxylic acids is 2. The molecule has 0 spiro atoms. The van der Waals surface area contributed by atoms with Crippen molar-refractivity contribution in [3.05, 3.63) is 59.7 Å². The minimum Gasteiger partial charge on any atom is -0.444 e. The van der Waals surface area contributed by atoms with E-state index in [0.717, 1.165) is 43.9 Å². The van der Waals surface area contributed by atoms with Crippen LogP contribution >= 0.6 is 0 Å². The van der Waals surface area contributed by atoms with Crippen molar-refractivity contribution in [2.75, 3.05) is 23.3 Å². The van der Waals surface area contributed by atoms with Gasteiger partial charge >= 0.3 is 6.09 Å². The van der Waals surface area contributed by atoms with Gasteiger partial charge in [0.05, 0.1) is 6.04 Å². The van der Waals surface area contributed by atoms with Crippen LogP contribution in [0.25, 0.3) is 0 Å². The Morgan fingerprint density at radius 3 is 2.38 bits per heavy atom. The van der Waals surface area contributed by atoms with Gasteiger partial charge in [-0.25, -0.2) is 4.79 Å². The van der Waals surface area contributed by atoms with Gasteiger partial charge in [0.15, 0.2) is 0 Å². The van der Waals surface area contributed by atoms with Crippen molar-refractivity contribution >= 4 is 23.4 Å². The lowest BCUT2D eigenvalue weighted by Gasteiger charge is -2.40. The molecule has 198 valence electrons. The highest BCUT2D eigenvalue weighted by atomic mass is 16.6. The third-order valence-corrected chi connectivity index (χ3v) is 7.82. The van der Waals surface area contributed by atoms with E-state index in [4.69, 9.17) is 4.74 Å². The van der Waals surface area contributed by atoms with Gasteiger partial charge in [-0.05, 0) is 69.9 Å². The molecule has 5 rings (SSSR count). The molecule has 3 aliphatic heterocycles. The molecular weight excluding hydrogens is 464 g/mol. The zero-order valence-corrected chi connectivity index (χ0v) is 22.7. The molecule has 2 bridgehead atoms. The van der Waals surface area contributed by atoms with E-state index in [0.29, 0.717) is 12.5 Å². The van der Waals surface area contributed by atoms with Gasteiger partial charge in [0.1, 0.15) is 5.60 Å². The number of amides is 2. The Labute approximate surface area is 220 Å². The number of likely N-dealkylation sites (tertiary alicyclic amines) is 2. The van der Waals surface area contributed by atoms with Crippen LogP contribution in [0.4, 0.5) is 16.2 Å². The van der Waals surface area contributed by atoms with Crippen LogP contribution in [-0.2, 0) is 16.1 Å². The molecule has 0 aliphatic carbocycles. The van der Waals surface area contributed by atoms with Crippen LogP contribution in [0.3, 0.4) is 0 Å². The van der Waals surface area contributed by atoms with Crippen molar-refractivity contribution < 1.29 is 14.3 Å². The highest BCUT2D eigenvalue weighted by Gasteiger charge is 2.46. The van der Waals surface area contributed by atoms with Crippen molar-refractivity contribution in [1.82, 2.24) is 9.80 Å².